The van der Waals surface area contributed by atoms with E-state index in [4.69, 9.17) is 0 Å². The van der Waals surface area contributed by atoms with Gasteiger partial charge in [0.2, 0.25) is 6.17 Å². The van der Waals surface area contributed by atoms with Crippen LogP contribution in [0.25, 0.3) is 5.32 Å². The molecular formula is C17H12F2IrN6-2. The van der Waals surface area contributed by atoms with Gasteiger partial charge in [-0.3, -0.25) is 13.8 Å². The average molecular weight is 531 g/mol. The molecule has 26 heavy (non-hydrogen) atoms. The van der Waals surface area contributed by atoms with E-state index in [1.807, 2.05) is 18.2 Å². The fourth-order valence-corrected chi connectivity index (χ4v) is 2.08. The van der Waals surface area contributed by atoms with Crippen LogP contribution in [0.4, 0.5) is 8.78 Å². The largest absolute Gasteiger partial charge is 0.683 e. The van der Waals surface area contributed by atoms with Crippen LogP contribution in [-0.2, 0) is 20.1 Å². The van der Waals surface area contributed by atoms with Crippen LogP contribution in [0.1, 0.15) is 23.5 Å². The van der Waals surface area contributed by atoms with E-state index in [-0.39, 0.29) is 37.9 Å². The molecule has 2 aliphatic rings. The van der Waals surface area contributed by atoms with E-state index in [1.165, 1.54) is 0 Å². The quantitative estimate of drug-likeness (QED) is 0.494. The second-order valence-electron chi connectivity index (χ2n) is 4.94. The van der Waals surface area contributed by atoms with Crippen LogP contribution in [-0.4, -0.2) is 4.98 Å². The van der Waals surface area contributed by atoms with Gasteiger partial charge in [0.1, 0.15) is 0 Å². The molecule has 2 aliphatic heterocycles. The molecular weight excluding hydrogens is 518 g/mol. The van der Waals surface area contributed by atoms with Gasteiger partial charge in [-0.25, -0.2) is 0 Å². The minimum Gasteiger partial charge on any atom is -0.683 e. The third kappa shape index (κ3) is 5.18. The van der Waals surface area contributed by atoms with E-state index >= 15 is 0 Å². The number of nitrogens with zero attached hydrogens (tertiary/aromatic N) is 6. The molecule has 1 aromatic heterocycles. The fraction of sp³-hybridized carbons (Fsp3) is 0.118. The third-order valence-corrected chi connectivity index (χ3v) is 3.23. The Kier molecular flexibility index (Phi) is 7.37. The zero-order chi connectivity index (χ0) is 17.5. The number of hydrogen-bond acceptors (Lipinski definition) is 5. The summed E-state index contributed by atoms with van der Waals surface area (Å²) in [6, 6.07) is 9.67. The van der Waals surface area contributed by atoms with Crippen LogP contribution < -0.4 is 0 Å². The van der Waals surface area contributed by atoms with Gasteiger partial charge in [0, 0.05) is 37.9 Å². The molecule has 9 heteroatoms. The predicted molar refractivity (Wildman–Crippen MR) is 86.3 cm³/mol. The van der Waals surface area contributed by atoms with Gasteiger partial charge in [-0.05, 0) is 22.6 Å². The first-order chi connectivity index (χ1) is 12.2. The van der Waals surface area contributed by atoms with Gasteiger partial charge in [-0.2, -0.15) is 12.3 Å². The SMILES string of the molecule is Fc1c[c-]c(C2C=CC=C[N-]2)c(F)c1.[Ir].c1ccc(C2N=NN=N2)nc1. The van der Waals surface area contributed by atoms with Gasteiger partial charge < -0.3 is 5.32 Å². The van der Waals surface area contributed by atoms with Crippen LogP contribution >= 0.6 is 0 Å². The van der Waals surface area contributed by atoms with E-state index in [0.717, 1.165) is 17.8 Å². The van der Waals surface area contributed by atoms with Crippen molar-refractivity contribution in [1.82, 2.24) is 4.98 Å². The molecule has 0 spiro atoms. The minimum atomic E-state index is -0.624. The molecule has 1 radical (unpaired) electrons. The average Bonchev–Trinajstić information content (AvgIpc) is 3.19. The molecule has 3 heterocycles. The zero-order valence-electron chi connectivity index (χ0n) is 13.2. The molecule has 1 aromatic carbocycles. The van der Waals surface area contributed by atoms with Gasteiger partial charge in [0.25, 0.3) is 0 Å². The predicted octanol–water partition coefficient (Wildman–Crippen LogP) is 5.17. The summed E-state index contributed by atoms with van der Waals surface area (Å²) in [5.74, 6) is -1.24. The molecule has 135 valence electrons. The number of hydrogen-bond donors (Lipinski definition) is 0. The molecule has 0 fully saturated rings. The van der Waals surface area contributed by atoms with Crippen molar-refractivity contribution in [2.75, 3.05) is 0 Å². The topological polar surface area (TPSA) is 76.4 Å². The van der Waals surface area contributed by atoms with Gasteiger partial charge in [-0.1, -0.05) is 30.3 Å². The van der Waals surface area contributed by atoms with Gasteiger partial charge in [0.05, 0.1) is 5.69 Å². The molecule has 6 nitrogen and oxygen atoms in total. The van der Waals surface area contributed by atoms with E-state index < -0.39 is 11.6 Å². The van der Waals surface area contributed by atoms with Crippen molar-refractivity contribution in [2.24, 2.45) is 20.7 Å². The van der Waals surface area contributed by atoms with E-state index in [9.17, 15) is 8.78 Å². The van der Waals surface area contributed by atoms with E-state index in [2.05, 4.69) is 37.0 Å². The van der Waals surface area contributed by atoms with E-state index in [0.29, 0.717) is 0 Å². The Morgan fingerprint density at radius 1 is 1.08 bits per heavy atom. The van der Waals surface area contributed by atoms with Gasteiger partial charge in [0.15, 0.2) is 0 Å². The summed E-state index contributed by atoms with van der Waals surface area (Å²) in [7, 11) is 0. The van der Waals surface area contributed by atoms with Crippen LogP contribution in [0.15, 0.2) is 81.6 Å². The van der Waals surface area contributed by atoms with Crippen molar-refractivity contribution in [3.63, 3.8) is 0 Å². The maximum atomic E-state index is 13.2. The number of allylic oxidation sites excluding steroid dienone is 2. The van der Waals surface area contributed by atoms with Gasteiger partial charge >= 0.3 is 0 Å². The number of pyridine rings is 1. The number of rotatable bonds is 2. The number of benzene rings is 1. The Labute approximate surface area is 162 Å². The zero-order valence-corrected chi connectivity index (χ0v) is 15.6. The first-order valence-electron chi connectivity index (χ1n) is 7.35. The summed E-state index contributed by atoms with van der Waals surface area (Å²) < 4.78 is 25.8. The Bertz CT molecular complexity index is 826. The first kappa shape index (κ1) is 19.7. The standard InChI is InChI=1S/C11H7F2N.C6H5N5.Ir/c12-8-4-5-9(10(13)7-8)11-3-1-2-6-14-11;1-2-4-7-5(3-1)6-8-10-11-9-6;/h1-4,6-7,11H;1-4,6H;/q-2;;. The Morgan fingerprint density at radius 2 is 1.88 bits per heavy atom. The molecule has 0 aliphatic carbocycles. The van der Waals surface area contributed by atoms with Gasteiger partial charge in [-0.15, -0.1) is 27.9 Å². The number of halogens is 2. The second kappa shape index (κ2) is 9.74. The second-order valence-corrected chi connectivity index (χ2v) is 4.94. The third-order valence-electron chi connectivity index (χ3n) is 3.23. The minimum absolute atomic E-state index is 0. The first-order valence-corrected chi connectivity index (χ1v) is 7.35. The van der Waals surface area contributed by atoms with Crippen LogP contribution in [0, 0.1) is 17.7 Å². The molecule has 1 atom stereocenters. The maximum Gasteiger partial charge on any atom is 0.226 e. The fourth-order valence-electron chi connectivity index (χ4n) is 2.08. The molecule has 2 aromatic rings. The van der Waals surface area contributed by atoms with Crippen molar-refractivity contribution in [3.05, 3.63) is 95.2 Å². The molecule has 0 N–H and O–H groups in total. The summed E-state index contributed by atoms with van der Waals surface area (Å²) in [6.45, 7) is 0. The maximum absolute atomic E-state index is 13.2. The molecule has 0 saturated heterocycles. The van der Waals surface area contributed by atoms with Crippen LogP contribution in [0.3, 0.4) is 0 Å². The smallest absolute Gasteiger partial charge is 0.226 e. The summed E-state index contributed by atoms with van der Waals surface area (Å²) in [4.78, 5) is 4.05. The number of aromatic nitrogens is 1. The molecule has 1 unspecified atom stereocenters. The molecule has 0 bridgehead atoms. The Balaban J connectivity index is 0.000000184. The van der Waals surface area contributed by atoms with Crippen molar-refractivity contribution in [1.29, 1.82) is 0 Å². The van der Waals surface area contributed by atoms with Crippen molar-refractivity contribution < 1.29 is 28.9 Å². The van der Waals surface area contributed by atoms with Crippen molar-refractivity contribution >= 4 is 0 Å². The summed E-state index contributed by atoms with van der Waals surface area (Å²) in [5.41, 5.74) is 1.05. The summed E-state index contributed by atoms with van der Waals surface area (Å²) in [6.07, 6.45) is 8.20. The molecule has 0 saturated carbocycles. The van der Waals surface area contributed by atoms with Crippen LogP contribution in [0.2, 0.25) is 0 Å². The Hall–Kier alpha value is -2.64. The Morgan fingerprint density at radius 3 is 2.50 bits per heavy atom. The van der Waals surface area contributed by atoms with E-state index in [1.54, 1.807) is 30.6 Å². The van der Waals surface area contributed by atoms with Crippen molar-refractivity contribution in [2.45, 2.75) is 12.2 Å². The normalized spacial score (nSPS) is 17.2. The molecule has 0 amide bonds. The molecule has 4 rings (SSSR count). The summed E-state index contributed by atoms with van der Waals surface area (Å²) >= 11 is 0. The van der Waals surface area contributed by atoms with Crippen molar-refractivity contribution in [3.8, 4) is 0 Å². The van der Waals surface area contributed by atoms with Crippen LogP contribution in [0.5, 0.6) is 0 Å². The summed E-state index contributed by atoms with van der Waals surface area (Å²) in [5, 5.41) is 18.3. The monoisotopic (exact) mass is 531 g/mol.